The maximum absolute atomic E-state index is 14.5. The first-order valence-electron chi connectivity index (χ1n) is 17.2. The summed E-state index contributed by atoms with van der Waals surface area (Å²) in [5.74, 6) is 0.667. The summed E-state index contributed by atoms with van der Waals surface area (Å²) in [7, 11) is 1.63. The van der Waals surface area contributed by atoms with Gasteiger partial charge in [0.2, 0.25) is 11.8 Å². The first-order valence-corrected chi connectivity index (χ1v) is 17.2. The molecule has 1 saturated heterocycles. The number of amides is 2. The normalized spacial score (nSPS) is 29.6. The number of nitrogens with zero attached hydrogens (tertiary/aromatic N) is 3. The van der Waals surface area contributed by atoms with Crippen LogP contribution in [-0.2, 0) is 19.7 Å². The molecule has 6 rings (SSSR count). The monoisotopic (exact) mass is 634 g/mol. The average molecular weight is 635 g/mol. The number of ether oxygens (including phenoxy) is 3. The van der Waals surface area contributed by atoms with Crippen LogP contribution in [0.25, 0.3) is 11.0 Å². The number of hydrogen-bond acceptors (Lipinski definition) is 8. The maximum Gasteiger partial charge on any atom is 0.408 e. The minimum Gasteiger partial charge on any atom is -0.497 e. The number of methoxy groups -OCH3 is 1. The van der Waals surface area contributed by atoms with E-state index in [1.165, 1.54) is 0 Å². The van der Waals surface area contributed by atoms with Crippen LogP contribution in [0.15, 0.2) is 18.2 Å². The van der Waals surface area contributed by atoms with Crippen LogP contribution in [0.3, 0.4) is 0 Å². The molecule has 6 atom stereocenters. The van der Waals surface area contributed by atoms with Crippen LogP contribution in [0.2, 0.25) is 0 Å². The second-order valence-electron chi connectivity index (χ2n) is 15.4. The Morgan fingerprint density at radius 1 is 1.09 bits per heavy atom. The summed E-state index contributed by atoms with van der Waals surface area (Å²) in [5.41, 5.74) is 1.62. The lowest BCUT2D eigenvalue weighted by Crippen LogP contribution is -2.57. The smallest absolute Gasteiger partial charge is 0.408 e. The van der Waals surface area contributed by atoms with Gasteiger partial charge < -0.3 is 24.4 Å². The van der Waals surface area contributed by atoms with E-state index in [1.807, 2.05) is 59.7 Å². The van der Waals surface area contributed by atoms with E-state index in [0.717, 1.165) is 56.2 Å². The third kappa shape index (κ3) is 6.28. The zero-order chi connectivity index (χ0) is 33.0. The number of fused-ring (bicyclic) bond motifs is 6. The van der Waals surface area contributed by atoms with Gasteiger partial charge in [0.1, 0.15) is 29.7 Å². The van der Waals surface area contributed by atoms with Crippen molar-refractivity contribution < 1.29 is 28.6 Å². The van der Waals surface area contributed by atoms with Gasteiger partial charge in [-0.05, 0) is 62.0 Å². The van der Waals surface area contributed by atoms with E-state index < -0.39 is 29.7 Å². The lowest BCUT2D eigenvalue weighted by Gasteiger charge is -2.36. The SMILES string of the molecule is CCC1C2CN(C(=O)C(C(C)(C)C)NC(=O)OC3CC3CCCCC3(CC3)c3nc4ccc(OC)cc4nc3O2)C1C(=O)C(C)C. The number of benzene rings is 1. The molecule has 1 N–H and O–H groups in total. The van der Waals surface area contributed by atoms with Gasteiger partial charge >= 0.3 is 6.09 Å². The summed E-state index contributed by atoms with van der Waals surface area (Å²) in [6.45, 7) is 11.7. The number of carbonyl (C=O) groups is 3. The van der Waals surface area contributed by atoms with E-state index in [-0.39, 0.29) is 41.6 Å². The molecule has 2 saturated carbocycles. The number of hydrogen-bond donors (Lipinski definition) is 1. The Labute approximate surface area is 272 Å². The topological polar surface area (TPSA) is 120 Å². The van der Waals surface area contributed by atoms with E-state index >= 15 is 0 Å². The van der Waals surface area contributed by atoms with E-state index in [4.69, 9.17) is 24.2 Å². The molecule has 10 heteroatoms. The lowest BCUT2D eigenvalue weighted by molar-refractivity contribution is -0.143. The fraction of sp³-hybridized carbons (Fsp3) is 0.694. The van der Waals surface area contributed by atoms with Crippen LogP contribution in [0.5, 0.6) is 11.6 Å². The quantitative estimate of drug-likeness (QED) is 0.436. The highest BCUT2D eigenvalue weighted by Crippen LogP contribution is 2.54. The summed E-state index contributed by atoms with van der Waals surface area (Å²) in [6, 6.07) is 4.15. The third-order valence-corrected chi connectivity index (χ3v) is 10.6. The van der Waals surface area contributed by atoms with Crippen LogP contribution >= 0.6 is 0 Å². The standard InChI is InChI=1S/C36H50N4O6/c1-8-23-27-19-40(28(23)29(41)20(2)3)33(42)31(35(4,5)6)39-34(43)46-26-17-21(26)11-9-10-14-36(15-16-36)30-32(45-27)38-25-18-22(44-7)12-13-24(25)37-30/h12-13,18,20-21,23,26-28,31H,8-11,14-17,19H2,1-7H3,(H,39,43). The molecule has 1 aromatic carbocycles. The number of nitrogens with one attached hydrogen (secondary N) is 1. The maximum atomic E-state index is 14.5. The van der Waals surface area contributed by atoms with Gasteiger partial charge in [-0.1, -0.05) is 54.4 Å². The first kappa shape index (κ1) is 32.5. The van der Waals surface area contributed by atoms with Crippen LogP contribution in [0.4, 0.5) is 4.79 Å². The van der Waals surface area contributed by atoms with E-state index in [2.05, 4.69) is 5.32 Å². The Morgan fingerprint density at radius 2 is 1.85 bits per heavy atom. The van der Waals surface area contributed by atoms with E-state index in [1.54, 1.807) is 12.0 Å². The molecule has 10 nitrogen and oxygen atoms in total. The summed E-state index contributed by atoms with van der Waals surface area (Å²) in [6.07, 6.45) is 6.39. The highest BCUT2D eigenvalue weighted by atomic mass is 16.6. The van der Waals surface area contributed by atoms with Crippen molar-refractivity contribution in [1.82, 2.24) is 20.2 Å². The Balaban J connectivity index is 1.44. The fourth-order valence-electron chi connectivity index (χ4n) is 7.53. The van der Waals surface area contributed by atoms with Crippen LogP contribution < -0.4 is 14.8 Å². The van der Waals surface area contributed by atoms with Gasteiger partial charge in [-0.3, -0.25) is 9.59 Å². The van der Waals surface area contributed by atoms with Crippen molar-refractivity contribution in [2.24, 2.45) is 23.2 Å². The van der Waals surface area contributed by atoms with Crippen molar-refractivity contribution >= 4 is 28.8 Å². The van der Waals surface area contributed by atoms with Gasteiger partial charge in [0, 0.05) is 23.3 Å². The average Bonchev–Trinajstić information content (AvgIpc) is 3.92. The lowest BCUT2D eigenvalue weighted by atomic mass is 9.84. The highest BCUT2D eigenvalue weighted by Gasteiger charge is 2.53. The Morgan fingerprint density at radius 3 is 2.50 bits per heavy atom. The molecule has 2 aliphatic heterocycles. The number of alkyl carbamates (subject to hydrolysis) is 1. The van der Waals surface area contributed by atoms with Crippen molar-refractivity contribution in [3.8, 4) is 11.6 Å². The Kier molecular flexibility index (Phi) is 8.70. The van der Waals surface area contributed by atoms with Crippen LogP contribution in [0.1, 0.15) is 98.6 Å². The number of carbonyl (C=O) groups excluding carboxylic acids is 3. The molecule has 46 heavy (non-hydrogen) atoms. The highest BCUT2D eigenvalue weighted by molar-refractivity contribution is 5.94. The fourth-order valence-corrected chi connectivity index (χ4v) is 7.53. The number of ketones is 1. The van der Waals surface area contributed by atoms with Crippen LogP contribution in [0, 0.1) is 23.2 Å². The van der Waals surface area contributed by atoms with Gasteiger partial charge in [0.15, 0.2) is 5.78 Å². The molecule has 1 aromatic heterocycles. The molecular weight excluding hydrogens is 584 g/mol. The second kappa shape index (κ2) is 12.3. The van der Waals surface area contributed by atoms with E-state index in [0.29, 0.717) is 29.5 Å². The molecule has 6 unspecified atom stereocenters. The van der Waals surface area contributed by atoms with E-state index in [9.17, 15) is 14.4 Å². The van der Waals surface area contributed by atoms with Gasteiger partial charge in [-0.2, -0.15) is 0 Å². The molecule has 3 fully saturated rings. The number of rotatable bonds is 4. The van der Waals surface area contributed by atoms with Crippen LogP contribution in [-0.4, -0.2) is 70.6 Å². The molecule has 250 valence electrons. The predicted molar refractivity (Wildman–Crippen MR) is 174 cm³/mol. The summed E-state index contributed by atoms with van der Waals surface area (Å²) in [4.78, 5) is 53.4. The Bertz CT molecular complexity index is 1500. The number of aromatic nitrogens is 2. The molecule has 1 spiro atoms. The Hall–Kier alpha value is -3.43. The number of Topliss-reactive ketones (excluding diaryl/α,β-unsaturated/α-hetero) is 1. The van der Waals surface area contributed by atoms with Crippen molar-refractivity contribution in [2.75, 3.05) is 13.7 Å². The molecule has 0 radical (unpaired) electrons. The summed E-state index contributed by atoms with van der Waals surface area (Å²) >= 11 is 0. The van der Waals surface area contributed by atoms with Crippen molar-refractivity contribution in [3.63, 3.8) is 0 Å². The predicted octanol–water partition coefficient (Wildman–Crippen LogP) is 5.98. The largest absolute Gasteiger partial charge is 0.497 e. The molecule has 2 bridgehead atoms. The van der Waals surface area contributed by atoms with Gasteiger partial charge in [0.25, 0.3) is 0 Å². The van der Waals surface area contributed by atoms with Gasteiger partial charge in [-0.15, -0.1) is 0 Å². The molecular formula is C36H50N4O6. The van der Waals surface area contributed by atoms with Gasteiger partial charge in [0.05, 0.1) is 30.7 Å². The van der Waals surface area contributed by atoms with Crippen molar-refractivity contribution in [1.29, 1.82) is 0 Å². The summed E-state index contributed by atoms with van der Waals surface area (Å²) in [5, 5.41) is 2.90. The zero-order valence-electron chi connectivity index (χ0n) is 28.4. The zero-order valence-corrected chi connectivity index (χ0v) is 28.4. The molecule has 2 aromatic rings. The minimum absolute atomic E-state index is 0.0125. The minimum atomic E-state index is -0.881. The second-order valence-corrected chi connectivity index (χ2v) is 15.4. The molecule has 2 aliphatic carbocycles. The van der Waals surface area contributed by atoms with Crippen molar-refractivity contribution in [3.05, 3.63) is 23.9 Å². The molecule has 2 amide bonds. The molecule has 3 heterocycles. The summed E-state index contributed by atoms with van der Waals surface area (Å²) < 4.78 is 18.2. The molecule has 4 aliphatic rings. The van der Waals surface area contributed by atoms with Crippen molar-refractivity contribution in [2.45, 2.75) is 123 Å². The third-order valence-electron chi connectivity index (χ3n) is 10.6. The van der Waals surface area contributed by atoms with Gasteiger partial charge in [-0.25, -0.2) is 14.8 Å². The first-order chi connectivity index (χ1) is 21.8.